The number of nitro groups is 1. The summed E-state index contributed by atoms with van der Waals surface area (Å²) in [6.07, 6.45) is 0.102. The molecular formula is C9H6FNO5. The van der Waals surface area contributed by atoms with Crippen molar-refractivity contribution in [3.63, 3.8) is 0 Å². The van der Waals surface area contributed by atoms with Gasteiger partial charge in [0.25, 0.3) is 5.69 Å². The summed E-state index contributed by atoms with van der Waals surface area (Å²) in [4.78, 5) is 31.2. The molecule has 1 aromatic rings. The van der Waals surface area contributed by atoms with Crippen molar-refractivity contribution in [2.45, 2.75) is 0 Å². The molecule has 16 heavy (non-hydrogen) atoms. The Kier molecular flexibility index (Phi) is 3.29. The molecule has 7 heteroatoms. The van der Waals surface area contributed by atoms with Crippen LogP contribution in [0.1, 0.15) is 20.7 Å². The van der Waals surface area contributed by atoms with E-state index in [0.29, 0.717) is 6.07 Å². The van der Waals surface area contributed by atoms with Gasteiger partial charge in [-0.15, -0.1) is 0 Å². The molecule has 0 atom stereocenters. The molecule has 0 saturated carbocycles. The average Bonchev–Trinajstić information content (AvgIpc) is 2.26. The highest BCUT2D eigenvalue weighted by atomic mass is 19.1. The van der Waals surface area contributed by atoms with Crippen molar-refractivity contribution in [1.82, 2.24) is 0 Å². The zero-order chi connectivity index (χ0) is 12.3. The number of nitro benzene ring substituents is 1. The van der Waals surface area contributed by atoms with Gasteiger partial charge in [0.05, 0.1) is 29.2 Å². The van der Waals surface area contributed by atoms with Gasteiger partial charge in [-0.05, 0) is 0 Å². The number of nitrogens with zero attached hydrogens (tertiary/aromatic N) is 1. The van der Waals surface area contributed by atoms with Crippen LogP contribution in [0.15, 0.2) is 12.1 Å². The van der Waals surface area contributed by atoms with Gasteiger partial charge in [-0.2, -0.15) is 0 Å². The van der Waals surface area contributed by atoms with Crippen molar-refractivity contribution in [2.24, 2.45) is 0 Å². The van der Waals surface area contributed by atoms with E-state index in [4.69, 9.17) is 0 Å². The van der Waals surface area contributed by atoms with E-state index in [1.54, 1.807) is 0 Å². The summed E-state index contributed by atoms with van der Waals surface area (Å²) in [5.41, 5.74) is -1.65. The highest BCUT2D eigenvalue weighted by molar-refractivity contribution is 5.99. The normalized spacial score (nSPS) is 9.62. The van der Waals surface area contributed by atoms with E-state index in [9.17, 15) is 24.1 Å². The quantitative estimate of drug-likeness (QED) is 0.336. The largest absolute Gasteiger partial charge is 0.465 e. The number of hydrogen-bond donors (Lipinski definition) is 0. The zero-order valence-electron chi connectivity index (χ0n) is 8.10. The van der Waals surface area contributed by atoms with E-state index in [2.05, 4.69) is 4.74 Å². The first kappa shape index (κ1) is 11.8. The third-order valence-electron chi connectivity index (χ3n) is 1.85. The van der Waals surface area contributed by atoms with Gasteiger partial charge in [-0.3, -0.25) is 14.9 Å². The van der Waals surface area contributed by atoms with E-state index in [1.807, 2.05) is 0 Å². The van der Waals surface area contributed by atoms with Crippen molar-refractivity contribution in [3.05, 3.63) is 39.2 Å². The Bertz CT molecular complexity index is 471. The Hall–Kier alpha value is -2.31. The van der Waals surface area contributed by atoms with E-state index in [1.165, 1.54) is 0 Å². The minimum absolute atomic E-state index is 0.102. The van der Waals surface area contributed by atoms with Crippen molar-refractivity contribution in [1.29, 1.82) is 0 Å². The van der Waals surface area contributed by atoms with Gasteiger partial charge in [0.15, 0.2) is 6.29 Å². The first-order valence-corrected chi connectivity index (χ1v) is 4.02. The molecule has 0 heterocycles. The summed E-state index contributed by atoms with van der Waals surface area (Å²) < 4.78 is 17.5. The molecule has 0 aliphatic carbocycles. The maximum absolute atomic E-state index is 13.2. The number of halogens is 1. The fourth-order valence-corrected chi connectivity index (χ4v) is 1.11. The maximum atomic E-state index is 13.2. The SMILES string of the molecule is COC(=O)c1cc([N+](=O)[O-])cc(F)c1C=O. The van der Waals surface area contributed by atoms with Gasteiger partial charge < -0.3 is 4.74 Å². The van der Waals surface area contributed by atoms with Gasteiger partial charge in [0, 0.05) is 6.07 Å². The van der Waals surface area contributed by atoms with Crippen LogP contribution < -0.4 is 0 Å². The van der Waals surface area contributed by atoms with Crippen molar-refractivity contribution < 1.29 is 23.6 Å². The minimum Gasteiger partial charge on any atom is -0.465 e. The molecule has 1 aromatic carbocycles. The number of esters is 1. The number of aldehydes is 1. The van der Waals surface area contributed by atoms with Crippen LogP contribution in [-0.2, 0) is 4.74 Å². The second-order valence-electron chi connectivity index (χ2n) is 2.76. The lowest BCUT2D eigenvalue weighted by molar-refractivity contribution is -0.385. The maximum Gasteiger partial charge on any atom is 0.338 e. The molecule has 0 spiro atoms. The third kappa shape index (κ3) is 2.02. The Labute approximate surface area is 88.8 Å². The van der Waals surface area contributed by atoms with Gasteiger partial charge in [-0.25, -0.2) is 9.18 Å². The van der Waals surface area contributed by atoms with Crippen LogP contribution in [0.3, 0.4) is 0 Å². The van der Waals surface area contributed by atoms with Gasteiger partial charge in [0.2, 0.25) is 0 Å². The van der Waals surface area contributed by atoms with Gasteiger partial charge in [0.1, 0.15) is 5.82 Å². The second-order valence-corrected chi connectivity index (χ2v) is 2.76. The first-order chi connectivity index (χ1) is 7.51. The molecule has 6 nitrogen and oxygen atoms in total. The fraction of sp³-hybridized carbons (Fsp3) is 0.111. The van der Waals surface area contributed by atoms with E-state index < -0.39 is 33.5 Å². The summed E-state index contributed by atoms with van der Waals surface area (Å²) in [6, 6.07) is 1.36. The smallest absolute Gasteiger partial charge is 0.338 e. The zero-order valence-corrected chi connectivity index (χ0v) is 8.10. The Balaban J connectivity index is 3.48. The van der Waals surface area contributed by atoms with Crippen molar-refractivity contribution in [2.75, 3.05) is 7.11 Å². The fourth-order valence-electron chi connectivity index (χ4n) is 1.11. The van der Waals surface area contributed by atoms with Crippen molar-refractivity contribution >= 4 is 17.9 Å². The Morgan fingerprint density at radius 1 is 1.56 bits per heavy atom. The van der Waals surface area contributed by atoms with E-state index >= 15 is 0 Å². The van der Waals surface area contributed by atoms with Crippen LogP contribution >= 0.6 is 0 Å². The Morgan fingerprint density at radius 3 is 2.62 bits per heavy atom. The lowest BCUT2D eigenvalue weighted by Gasteiger charge is -2.03. The molecule has 1 rings (SSSR count). The predicted molar refractivity (Wildman–Crippen MR) is 49.8 cm³/mol. The number of carbonyl (C=O) groups excluding carboxylic acids is 2. The number of rotatable bonds is 3. The van der Waals surface area contributed by atoms with Crippen LogP contribution in [0.4, 0.5) is 10.1 Å². The van der Waals surface area contributed by atoms with Crippen molar-refractivity contribution in [3.8, 4) is 0 Å². The minimum atomic E-state index is -1.13. The standard InChI is InChI=1S/C9H6FNO5/c1-16-9(13)6-2-5(11(14)15)3-8(10)7(6)4-12/h2-4H,1H3. The van der Waals surface area contributed by atoms with Crippen LogP contribution in [0, 0.1) is 15.9 Å². The summed E-state index contributed by atoms with van der Waals surface area (Å²) in [5, 5.41) is 10.4. The van der Waals surface area contributed by atoms with Crippen LogP contribution in [0.2, 0.25) is 0 Å². The van der Waals surface area contributed by atoms with E-state index in [-0.39, 0.29) is 6.29 Å². The number of methoxy groups -OCH3 is 1. The van der Waals surface area contributed by atoms with Crippen LogP contribution in [-0.4, -0.2) is 24.3 Å². The highest BCUT2D eigenvalue weighted by Crippen LogP contribution is 2.21. The molecule has 0 aliphatic rings. The molecular weight excluding hydrogens is 221 g/mol. The Morgan fingerprint density at radius 2 is 2.19 bits per heavy atom. The molecule has 84 valence electrons. The summed E-state index contributed by atoms with van der Waals surface area (Å²) in [7, 11) is 1.02. The van der Waals surface area contributed by atoms with Crippen LogP contribution in [0.5, 0.6) is 0 Å². The molecule has 0 N–H and O–H groups in total. The summed E-state index contributed by atoms with van der Waals surface area (Å²) >= 11 is 0. The van der Waals surface area contributed by atoms with Crippen LogP contribution in [0.25, 0.3) is 0 Å². The number of non-ortho nitro benzene ring substituents is 1. The second kappa shape index (κ2) is 4.47. The molecule has 0 fully saturated rings. The number of ether oxygens (including phenoxy) is 1. The topological polar surface area (TPSA) is 86.5 Å². The number of carbonyl (C=O) groups is 2. The number of benzene rings is 1. The predicted octanol–water partition coefficient (Wildman–Crippen LogP) is 1.33. The lowest BCUT2D eigenvalue weighted by Crippen LogP contribution is -2.08. The average molecular weight is 227 g/mol. The highest BCUT2D eigenvalue weighted by Gasteiger charge is 2.21. The molecule has 0 aromatic heterocycles. The molecule has 0 saturated heterocycles. The van der Waals surface area contributed by atoms with Gasteiger partial charge >= 0.3 is 5.97 Å². The molecule has 0 bridgehead atoms. The monoisotopic (exact) mass is 227 g/mol. The molecule has 0 aliphatic heterocycles. The number of hydrogen-bond acceptors (Lipinski definition) is 5. The summed E-state index contributed by atoms with van der Waals surface area (Å²) in [6.45, 7) is 0. The molecule has 0 radical (unpaired) electrons. The third-order valence-corrected chi connectivity index (χ3v) is 1.85. The van der Waals surface area contributed by atoms with Gasteiger partial charge in [-0.1, -0.05) is 0 Å². The lowest BCUT2D eigenvalue weighted by atomic mass is 10.1. The first-order valence-electron chi connectivity index (χ1n) is 4.02. The molecule has 0 amide bonds. The summed E-state index contributed by atoms with van der Waals surface area (Å²) in [5.74, 6) is -2.14. The van der Waals surface area contributed by atoms with E-state index in [0.717, 1.165) is 13.2 Å². The molecule has 0 unspecified atom stereocenters.